The maximum Gasteiger partial charge on any atom is 0.271 e. The summed E-state index contributed by atoms with van der Waals surface area (Å²) in [7, 11) is 1.63. The van der Waals surface area contributed by atoms with Gasteiger partial charge in [-0.3, -0.25) is 4.79 Å². The predicted molar refractivity (Wildman–Crippen MR) is 77.1 cm³/mol. The highest BCUT2D eigenvalue weighted by Crippen LogP contribution is 2.18. The zero-order valence-corrected chi connectivity index (χ0v) is 11.1. The van der Waals surface area contributed by atoms with Gasteiger partial charge in [0, 0.05) is 12.0 Å². The first-order chi connectivity index (χ1) is 9.78. The smallest absolute Gasteiger partial charge is 0.271 e. The van der Waals surface area contributed by atoms with E-state index in [4.69, 9.17) is 4.74 Å². The van der Waals surface area contributed by atoms with Crippen LogP contribution in [0.1, 0.15) is 21.5 Å². The van der Waals surface area contributed by atoms with Crippen molar-refractivity contribution in [2.24, 2.45) is 5.10 Å². The first-order valence-corrected chi connectivity index (χ1v) is 6.37. The van der Waals surface area contributed by atoms with Crippen LogP contribution in [0, 0.1) is 0 Å². The lowest BCUT2D eigenvalue weighted by Crippen LogP contribution is -2.17. The van der Waals surface area contributed by atoms with E-state index in [-0.39, 0.29) is 5.91 Å². The number of methoxy groups -OCH3 is 1. The number of hydrogen-bond acceptors (Lipinski definition) is 3. The molecule has 4 heteroatoms. The van der Waals surface area contributed by atoms with Crippen molar-refractivity contribution in [1.29, 1.82) is 0 Å². The fraction of sp³-hybridized carbons (Fsp3) is 0.125. The number of nitrogens with one attached hydrogen (secondary N) is 1. The van der Waals surface area contributed by atoms with Crippen LogP contribution in [0.2, 0.25) is 0 Å². The van der Waals surface area contributed by atoms with E-state index in [0.717, 1.165) is 22.6 Å². The van der Waals surface area contributed by atoms with Crippen LogP contribution in [0.3, 0.4) is 0 Å². The monoisotopic (exact) mass is 266 g/mol. The van der Waals surface area contributed by atoms with E-state index in [1.165, 1.54) is 0 Å². The Balaban J connectivity index is 1.97. The van der Waals surface area contributed by atoms with Gasteiger partial charge in [0.2, 0.25) is 0 Å². The van der Waals surface area contributed by atoms with Crippen molar-refractivity contribution < 1.29 is 9.53 Å². The molecule has 1 aliphatic rings. The number of rotatable bonds is 2. The molecule has 0 radical (unpaired) electrons. The molecule has 4 nitrogen and oxygen atoms in total. The zero-order chi connectivity index (χ0) is 13.9. The molecule has 0 atom stereocenters. The minimum atomic E-state index is -0.163. The van der Waals surface area contributed by atoms with E-state index in [2.05, 4.69) is 10.5 Å². The maximum atomic E-state index is 11.9. The van der Waals surface area contributed by atoms with Gasteiger partial charge in [-0.05, 0) is 41.5 Å². The Hall–Kier alpha value is -2.62. The zero-order valence-electron chi connectivity index (χ0n) is 11.1. The van der Waals surface area contributed by atoms with Gasteiger partial charge in [-0.2, -0.15) is 5.10 Å². The maximum absolute atomic E-state index is 11.9. The molecule has 20 heavy (non-hydrogen) atoms. The Morgan fingerprint density at radius 1 is 1.10 bits per heavy atom. The third-order valence-corrected chi connectivity index (χ3v) is 3.34. The van der Waals surface area contributed by atoms with Crippen molar-refractivity contribution in [3.63, 3.8) is 0 Å². The highest BCUT2D eigenvalue weighted by Gasteiger charge is 2.17. The van der Waals surface area contributed by atoms with E-state index < -0.39 is 0 Å². The highest BCUT2D eigenvalue weighted by molar-refractivity contribution is 6.07. The lowest BCUT2D eigenvalue weighted by atomic mass is 9.98. The molecule has 1 amide bonds. The number of benzene rings is 2. The number of fused-ring (bicyclic) bond motifs is 1. The van der Waals surface area contributed by atoms with Crippen LogP contribution in [-0.2, 0) is 6.42 Å². The molecule has 3 rings (SSSR count). The molecule has 1 heterocycles. The van der Waals surface area contributed by atoms with Crippen molar-refractivity contribution >= 4 is 11.6 Å². The fourth-order valence-electron chi connectivity index (χ4n) is 2.24. The average Bonchev–Trinajstić information content (AvgIpc) is 2.67. The molecular weight excluding hydrogens is 252 g/mol. The van der Waals surface area contributed by atoms with Gasteiger partial charge in [0.15, 0.2) is 0 Å². The summed E-state index contributed by atoms with van der Waals surface area (Å²) in [6.45, 7) is 0. The van der Waals surface area contributed by atoms with E-state index in [9.17, 15) is 4.79 Å². The largest absolute Gasteiger partial charge is 0.497 e. The van der Waals surface area contributed by atoms with Crippen LogP contribution in [0.25, 0.3) is 0 Å². The van der Waals surface area contributed by atoms with Crippen LogP contribution in [-0.4, -0.2) is 18.7 Å². The molecular formula is C16H14N2O2. The van der Waals surface area contributed by atoms with Crippen molar-refractivity contribution in [1.82, 2.24) is 5.43 Å². The van der Waals surface area contributed by atoms with Gasteiger partial charge in [0.25, 0.3) is 5.91 Å². The molecule has 0 bridgehead atoms. The molecule has 1 aliphatic heterocycles. The minimum Gasteiger partial charge on any atom is -0.497 e. The highest BCUT2D eigenvalue weighted by atomic mass is 16.5. The number of amides is 1. The number of carbonyl (C=O) groups is 1. The first kappa shape index (κ1) is 12.4. The van der Waals surface area contributed by atoms with Crippen LogP contribution in [0.5, 0.6) is 5.75 Å². The van der Waals surface area contributed by atoms with Gasteiger partial charge < -0.3 is 4.74 Å². The standard InChI is InChI=1S/C16H14N2O2/c1-20-13-8-6-11(7-9-13)15-10-12-4-2-3-5-14(12)16(19)18-17-15/h2-9H,10H2,1H3,(H,18,19). The normalized spacial score (nSPS) is 13.8. The quantitative estimate of drug-likeness (QED) is 0.907. The Morgan fingerprint density at radius 2 is 1.85 bits per heavy atom. The molecule has 100 valence electrons. The van der Waals surface area contributed by atoms with Crippen molar-refractivity contribution in [2.75, 3.05) is 7.11 Å². The fourth-order valence-corrected chi connectivity index (χ4v) is 2.24. The average molecular weight is 266 g/mol. The second-order valence-corrected chi connectivity index (χ2v) is 4.56. The minimum absolute atomic E-state index is 0.163. The third-order valence-electron chi connectivity index (χ3n) is 3.34. The summed E-state index contributed by atoms with van der Waals surface area (Å²) < 4.78 is 5.14. The lowest BCUT2D eigenvalue weighted by molar-refractivity contribution is 0.0955. The molecule has 0 aliphatic carbocycles. The summed E-state index contributed by atoms with van der Waals surface area (Å²) in [6.07, 6.45) is 0.626. The van der Waals surface area contributed by atoms with Gasteiger partial charge in [-0.15, -0.1) is 0 Å². The third kappa shape index (κ3) is 2.28. The first-order valence-electron chi connectivity index (χ1n) is 6.37. The van der Waals surface area contributed by atoms with E-state index in [1.807, 2.05) is 48.5 Å². The number of hydrazone groups is 1. The van der Waals surface area contributed by atoms with Gasteiger partial charge in [0.05, 0.1) is 12.8 Å². The Labute approximate surface area is 117 Å². The number of carbonyl (C=O) groups excluding carboxylic acids is 1. The number of hydrogen-bond donors (Lipinski definition) is 1. The topological polar surface area (TPSA) is 50.7 Å². The van der Waals surface area contributed by atoms with Crippen LogP contribution in [0.15, 0.2) is 53.6 Å². The molecule has 2 aromatic carbocycles. The molecule has 0 saturated carbocycles. The summed E-state index contributed by atoms with van der Waals surface area (Å²) >= 11 is 0. The summed E-state index contributed by atoms with van der Waals surface area (Å²) in [6, 6.07) is 15.2. The molecule has 2 aromatic rings. The van der Waals surface area contributed by atoms with Gasteiger partial charge >= 0.3 is 0 Å². The van der Waals surface area contributed by atoms with E-state index >= 15 is 0 Å². The Bertz CT molecular complexity index is 675. The molecule has 0 unspecified atom stereocenters. The SMILES string of the molecule is COc1ccc(C2=NNC(=O)c3ccccc3C2)cc1. The number of ether oxygens (including phenoxy) is 1. The number of nitrogens with zero attached hydrogens (tertiary/aromatic N) is 1. The summed E-state index contributed by atoms with van der Waals surface area (Å²) in [4.78, 5) is 11.9. The van der Waals surface area contributed by atoms with Gasteiger partial charge in [-0.25, -0.2) is 5.43 Å². The molecule has 1 N–H and O–H groups in total. The van der Waals surface area contributed by atoms with Gasteiger partial charge in [0.1, 0.15) is 5.75 Å². The summed E-state index contributed by atoms with van der Waals surface area (Å²) in [5, 5.41) is 4.22. The predicted octanol–water partition coefficient (Wildman–Crippen LogP) is 2.39. The molecule has 0 saturated heterocycles. The van der Waals surface area contributed by atoms with Gasteiger partial charge in [-0.1, -0.05) is 18.2 Å². The second-order valence-electron chi connectivity index (χ2n) is 4.56. The van der Waals surface area contributed by atoms with Crippen molar-refractivity contribution in [3.8, 4) is 5.75 Å². The second kappa shape index (κ2) is 5.17. The van der Waals surface area contributed by atoms with Crippen molar-refractivity contribution in [2.45, 2.75) is 6.42 Å². The van der Waals surface area contributed by atoms with Crippen LogP contribution < -0.4 is 10.2 Å². The van der Waals surface area contributed by atoms with E-state index in [0.29, 0.717) is 12.0 Å². The summed E-state index contributed by atoms with van der Waals surface area (Å²) in [5.41, 5.74) is 6.07. The molecule has 0 fully saturated rings. The molecule has 0 aromatic heterocycles. The van der Waals surface area contributed by atoms with Crippen LogP contribution in [0.4, 0.5) is 0 Å². The van der Waals surface area contributed by atoms with Crippen molar-refractivity contribution in [3.05, 3.63) is 65.2 Å². The van der Waals surface area contributed by atoms with E-state index in [1.54, 1.807) is 7.11 Å². The van der Waals surface area contributed by atoms with Crippen LogP contribution >= 0.6 is 0 Å². The Morgan fingerprint density at radius 3 is 2.60 bits per heavy atom. The lowest BCUT2D eigenvalue weighted by Gasteiger charge is -2.06. The Kier molecular flexibility index (Phi) is 3.21. The summed E-state index contributed by atoms with van der Waals surface area (Å²) in [5.74, 6) is 0.636. The molecule has 0 spiro atoms.